The maximum Gasteiger partial charge on any atom is 0.227 e. The van der Waals surface area contributed by atoms with Crippen LogP contribution in [0.5, 0.6) is 0 Å². The van der Waals surface area contributed by atoms with Crippen LogP contribution in [0, 0.1) is 5.92 Å². The molecule has 1 fully saturated rings. The van der Waals surface area contributed by atoms with Gasteiger partial charge in [0.25, 0.3) is 0 Å². The maximum absolute atomic E-state index is 12.6. The highest BCUT2D eigenvalue weighted by molar-refractivity contribution is 7.90. The van der Waals surface area contributed by atoms with E-state index >= 15 is 0 Å². The van der Waals surface area contributed by atoms with Gasteiger partial charge in [0, 0.05) is 23.2 Å². The fraction of sp³-hybridized carbons (Fsp3) is 0.579. The van der Waals surface area contributed by atoms with Crippen LogP contribution in [0.3, 0.4) is 0 Å². The predicted octanol–water partition coefficient (Wildman–Crippen LogP) is 2.64. The number of fused-ring (bicyclic) bond motifs is 1. The highest BCUT2D eigenvalue weighted by Crippen LogP contribution is 2.28. The molecule has 0 aliphatic heterocycles. The molecule has 2 aliphatic rings. The molecule has 0 heterocycles. The van der Waals surface area contributed by atoms with E-state index in [4.69, 9.17) is 5.21 Å². The Bertz CT molecular complexity index is 841. The Labute approximate surface area is 160 Å². The molecule has 7 nitrogen and oxygen atoms in total. The van der Waals surface area contributed by atoms with Crippen LogP contribution in [0.2, 0.25) is 0 Å². The zero-order valence-electron chi connectivity index (χ0n) is 15.7. The molecule has 27 heavy (non-hydrogen) atoms. The number of nitrogens with one attached hydrogen (secondary N) is 2. The SMILES string of the molecule is CC(C)S(=O)(=O)NC1CCC(C(=O)Nc2ccc3c(c2)CCC3=NO)CC1. The molecule has 0 radical (unpaired) electrons. The van der Waals surface area contributed by atoms with Gasteiger partial charge in [-0.25, -0.2) is 13.1 Å². The molecule has 0 bridgehead atoms. The molecule has 8 heteroatoms. The van der Waals surface area contributed by atoms with Crippen molar-refractivity contribution in [2.75, 3.05) is 5.32 Å². The summed E-state index contributed by atoms with van der Waals surface area (Å²) in [5.41, 5.74) is 3.45. The fourth-order valence-electron chi connectivity index (χ4n) is 3.74. The molecule has 0 aromatic heterocycles. The summed E-state index contributed by atoms with van der Waals surface area (Å²) >= 11 is 0. The molecule has 1 amide bonds. The van der Waals surface area contributed by atoms with E-state index < -0.39 is 15.3 Å². The van der Waals surface area contributed by atoms with Gasteiger partial charge in [-0.15, -0.1) is 0 Å². The van der Waals surface area contributed by atoms with Gasteiger partial charge in [0.05, 0.1) is 11.0 Å². The minimum Gasteiger partial charge on any atom is -0.411 e. The van der Waals surface area contributed by atoms with E-state index in [2.05, 4.69) is 15.2 Å². The smallest absolute Gasteiger partial charge is 0.227 e. The Balaban J connectivity index is 1.55. The van der Waals surface area contributed by atoms with E-state index in [-0.39, 0.29) is 17.9 Å². The van der Waals surface area contributed by atoms with Crippen molar-refractivity contribution >= 4 is 27.3 Å². The number of benzene rings is 1. The molecule has 3 N–H and O–H groups in total. The number of sulfonamides is 1. The summed E-state index contributed by atoms with van der Waals surface area (Å²) in [5.74, 6) is -0.123. The van der Waals surface area contributed by atoms with Crippen LogP contribution in [-0.2, 0) is 21.2 Å². The van der Waals surface area contributed by atoms with Crippen molar-refractivity contribution in [1.82, 2.24) is 4.72 Å². The summed E-state index contributed by atoms with van der Waals surface area (Å²) < 4.78 is 26.7. The molecule has 0 spiro atoms. The van der Waals surface area contributed by atoms with Gasteiger partial charge in [0.1, 0.15) is 0 Å². The Morgan fingerprint density at radius 2 is 1.89 bits per heavy atom. The van der Waals surface area contributed by atoms with Gasteiger partial charge >= 0.3 is 0 Å². The molecule has 0 saturated heterocycles. The first-order valence-corrected chi connectivity index (χ1v) is 11.0. The van der Waals surface area contributed by atoms with E-state index in [1.807, 2.05) is 18.2 Å². The first-order chi connectivity index (χ1) is 12.8. The lowest BCUT2D eigenvalue weighted by molar-refractivity contribution is -0.120. The number of hydrogen-bond acceptors (Lipinski definition) is 5. The maximum atomic E-state index is 12.6. The number of rotatable bonds is 5. The third-order valence-electron chi connectivity index (χ3n) is 5.49. The lowest BCUT2D eigenvalue weighted by Gasteiger charge is -2.28. The van der Waals surface area contributed by atoms with Gasteiger partial charge in [-0.1, -0.05) is 11.2 Å². The van der Waals surface area contributed by atoms with E-state index in [9.17, 15) is 13.2 Å². The third kappa shape index (κ3) is 4.50. The fourth-order valence-corrected chi connectivity index (χ4v) is 4.71. The van der Waals surface area contributed by atoms with Crippen LogP contribution in [0.4, 0.5) is 5.69 Å². The van der Waals surface area contributed by atoms with Crippen molar-refractivity contribution in [3.8, 4) is 0 Å². The topological polar surface area (TPSA) is 108 Å². The van der Waals surface area contributed by atoms with Crippen LogP contribution in [0.1, 0.15) is 57.1 Å². The standard InChI is InChI=1S/C19H27N3O4S/c1-12(2)27(25,26)22-15-6-3-13(4-7-15)19(23)20-16-8-9-17-14(11-16)5-10-18(17)21-24/h8-9,11-13,15,22,24H,3-7,10H2,1-2H3,(H,20,23). The first-order valence-electron chi connectivity index (χ1n) is 9.46. The molecular weight excluding hydrogens is 366 g/mol. The first kappa shape index (κ1) is 19.8. The second-order valence-corrected chi connectivity index (χ2v) is 9.94. The molecule has 3 rings (SSSR count). The molecule has 1 saturated carbocycles. The van der Waals surface area contributed by atoms with Crippen molar-refractivity contribution in [3.05, 3.63) is 29.3 Å². The van der Waals surface area contributed by atoms with E-state index in [0.717, 1.165) is 23.2 Å². The minimum absolute atomic E-state index is 0.0193. The third-order valence-corrected chi connectivity index (χ3v) is 7.39. The Morgan fingerprint density at radius 3 is 2.52 bits per heavy atom. The number of oxime groups is 1. The number of amides is 1. The van der Waals surface area contributed by atoms with Crippen molar-refractivity contribution in [2.45, 2.75) is 63.7 Å². The van der Waals surface area contributed by atoms with Crippen LogP contribution < -0.4 is 10.0 Å². The van der Waals surface area contributed by atoms with E-state index in [1.165, 1.54) is 0 Å². The number of nitrogens with zero attached hydrogens (tertiary/aromatic N) is 1. The van der Waals surface area contributed by atoms with Crippen molar-refractivity contribution in [1.29, 1.82) is 0 Å². The van der Waals surface area contributed by atoms with Gasteiger partial charge in [0.2, 0.25) is 15.9 Å². The highest BCUT2D eigenvalue weighted by atomic mass is 32.2. The summed E-state index contributed by atoms with van der Waals surface area (Å²) in [6, 6.07) is 5.56. The van der Waals surface area contributed by atoms with Crippen molar-refractivity contribution in [3.63, 3.8) is 0 Å². The summed E-state index contributed by atoms with van der Waals surface area (Å²) in [6.45, 7) is 3.32. The van der Waals surface area contributed by atoms with Crippen molar-refractivity contribution in [2.24, 2.45) is 11.1 Å². The average Bonchev–Trinajstić information content (AvgIpc) is 3.04. The molecule has 1 aromatic carbocycles. The largest absolute Gasteiger partial charge is 0.411 e. The summed E-state index contributed by atoms with van der Waals surface area (Å²) in [6.07, 6.45) is 4.20. The molecular formula is C19H27N3O4S. The van der Waals surface area contributed by atoms with Crippen LogP contribution >= 0.6 is 0 Å². The van der Waals surface area contributed by atoms with Crippen LogP contribution in [0.25, 0.3) is 0 Å². The number of anilines is 1. The van der Waals surface area contributed by atoms with E-state index in [0.29, 0.717) is 37.8 Å². The lowest BCUT2D eigenvalue weighted by Crippen LogP contribution is -2.42. The predicted molar refractivity (Wildman–Crippen MR) is 105 cm³/mol. The summed E-state index contributed by atoms with van der Waals surface area (Å²) in [4.78, 5) is 12.6. The second kappa shape index (κ2) is 7.98. The second-order valence-electron chi connectivity index (χ2n) is 7.67. The Morgan fingerprint density at radius 1 is 1.19 bits per heavy atom. The normalized spacial score (nSPS) is 24.2. The minimum atomic E-state index is -3.27. The Kier molecular flexibility index (Phi) is 5.86. The summed E-state index contributed by atoms with van der Waals surface area (Å²) in [5, 5.41) is 14.8. The number of aryl methyl sites for hydroxylation is 1. The van der Waals surface area contributed by atoms with Gasteiger partial charge in [-0.3, -0.25) is 4.79 Å². The molecule has 148 valence electrons. The molecule has 1 aromatic rings. The van der Waals surface area contributed by atoms with Gasteiger partial charge < -0.3 is 10.5 Å². The number of hydrogen-bond donors (Lipinski definition) is 3. The zero-order chi connectivity index (χ0) is 19.6. The van der Waals surface area contributed by atoms with Gasteiger partial charge in [-0.05, 0) is 70.1 Å². The zero-order valence-corrected chi connectivity index (χ0v) is 16.6. The monoisotopic (exact) mass is 393 g/mol. The van der Waals surface area contributed by atoms with E-state index in [1.54, 1.807) is 13.8 Å². The Hall–Kier alpha value is -1.93. The summed E-state index contributed by atoms with van der Waals surface area (Å²) in [7, 11) is -3.27. The highest BCUT2D eigenvalue weighted by Gasteiger charge is 2.29. The van der Waals surface area contributed by atoms with Gasteiger partial charge in [0.15, 0.2) is 0 Å². The van der Waals surface area contributed by atoms with Crippen LogP contribution in [0.15, 0.2) is 23.4 Å². The van der Waals surface area contributed by atoms with Gasteiger partial charge in [-0.2, -0.15) is 0 Å². The average molecular weight is 394 g/mol. The molecule has 2 aliphatic carbocycles. The van der Waals surface area contributed by atoms with Crippen LogP contribution in [-0.4, -0.2) is 36.5 Å². The quantitative estimate of drug-likeness (QED) is 0.528. The lowest BCUT2D eigenvalue weighted by atomic mass is 9.86. The number of carbonyl (C=O) groups excluding carboxylic acids is 1. The number of carbonyl (C=O) groups is 1. The van der Waals surface area contributed by atoms with Crippen molar-refractivity contribution < 1.29 is 18.4 Å². The molecule has 0 atom stereocenters. The molecule has 0 unspecified atom stereocenters.